The van der Waals surface area contributed by atoms with E-state index in [0.29, 0.717) is 17.7 Å². The van der Waals surface area contributed by atoms with Crippen LogP contribution in [-0.2, 0) is 13.0 Å². The van der Waals surface area contributed by atoms with E-state index in [9.17, 15) is 4.79 Å². The van der Waals surface area contributed by atoms with Crippen LogP contribution in [0.25, 0.3) is 11.3 Å². The Balaban J connectivity index is 1.94. The van der Waals surface area contributed by atoms with Crippen LogP contribution < -0.4 is 5.56 Å². The number of aromatic amines is 3. The van der Waals surface area contributed by atoms with Crippen LogP contribution in [0.15, 0.2) is 23.4 Å². The Morgan fingerprint density at radius 2 is 1.85 bits per heavy atom. The Morgan fingerprint density at radius 3 is 2.50 bits per heavy atom. The Hall–Kier alpha value is -2.67. The van der Waals surface area contributed by atoms with E-state index in [2.05, 4.69) is 57.7 Å². The standard InChI is InChI=1S/C19H26N6O/c1-5-25(6-2)11-15-12(3)16(23-13(15)4)9-17-18(21-8-7-20-17)14-10-22-24-19(14)26/h7-8,10,23H,5-6,9,11H2,1-4H3,(H2,22,24,26). The van der Waals surface area contributed by atoms with Gasteiger partial charge in [0.15, 0.2) is 0 Å². The molecule has 3 rings (SSSR count). The first kappa shape index (κ1) is 18.1. The van der Waals surface area contributed by atoms with Gasteiger partial charge in [0.2, 0.25) is 0 Å². The van der Waals surface area contributed by atoms with E-state index in [4.69, 9.17) is 0 Å². The summed E-state index contributed by atoms with van der Waals surface area (Å²) in [6.07, 6.45) is 5.53. The predicted octanol–water partition coefficient (Wildman–Crippen LogP) is 2.54. The zero-order valence-corrected chi connectivity index (χ0v) is 15.8. The van der Waals surface area contributed by atoms with Gasteiger partial charge in [-0.15, -0.1) is 0 Å². The molecule has 7 nitrogen and oxygen atoms in total. The quantitative estimate of drug-likeness (QED) is 0.608. The van der Waals surface area contributed by atoms with Gasteiger partial charge in [-0.3, -0.25) is 24.8 Å². The van der Waals surface area contributed by atoms with Gasteiger partial charge in [0.1, 0.15) is 0 Å². The third-order valence-corrected chi connectivity index (χ3v) is 4.99. The Bertz CT molecular complexity index is 932. The second-order valence-electron chi connectivity index (χ2n) is 6.48. The molecule has 0 bridgehead atoms. The topological polar surface area (TPSA) is 93.5 Å². The molecule has 26 heavy (non-hydrogen) atoms. The summed E-state index contributed by atoms with van der Waals surface area (Å²) in [7, 11) is 0. The Labute approximate surface area is 152 Å². The van der Waals surface area contributed by atoms with Crippen LogP contribution in [0, 0.1) is 13.8 Å². The van der Waals surface area contributed by atoms with Crippen molar-refractivity contribution in [2.75, 3.05) is 13.1 Å². The fourth-order valence-electron chi connectivity index (χ4n) is 3.31. The van der Waals surface area contributed by atoms with Crippen molar-refractivity contribution in [2.24, 2.45) is 0 Å². The molecule has 0 radical (unpaired) electrons. The van der Waals surface area contributed by atoms with E-state index in [0.717, 1.165) is 31.0 Å². The summed E-state index contributed by atoms with van der Waals surface area (Å²) in [5, 5.41) is 5.28. The summed E-state index contributed by atoms with van der Waals surface area (Å²) in [5.74, 6) is 0. The van der Waals surface area contributed by atoms with Crippen molar-refractivity contribution in [3.63, 3.8) is 0 Å². The van der Waals surface area contributed by atoms with E-state index < -0.39 is 0 Å². The molecule has 0 aromatic carbocycles. The third-order valence-electron chi connectivity index (χ3n) is 4.99. The molecule has 0 fully saturated rings. The van der Waals surface area contributed by atoms with Crippen LogP contribution in [0.2, 0.25) is 0 Å². The summed E-state index contributed by atoms with van der Waals surface area (Å²) < 4.78 is 0. The van der Waals surface area contributed by atoms with E-state index in [1.807, 2.05) is 0 Å². The molecule has 3 N–H and O–H groups in total. The molecule has 0 aliphatic rings. The van der Waals surface area contributed by atoms with Crippen molar-refractivity contribution in [3.8, 4) is 11.3 Å². The third kappa shape index (κ3) is 3.48. The maximum atomic E-state index is 12.0. The number of nitrogens with zero attached hydrogens (tertiary/aromatic N) is 3. The summed E-state index contributed by atoms with van der Waals surface area (Å²) in [6.45, 7) is 11.6. The Morgan fingerprint density at radius 1 is 1.12 bits per heavy atom. The normalized spacial score (nSPS) is 11.4. The van der Waals surface area contributed by atoms with Crippen LogP contribution in [0.1, 0.15) is 42.1 Å². The average molecular weight is 354 g/mol. The molecule has 0 amide bonds. The van der Waals surface area contributed by atoms with Gasteiger partial charge in [0.25, 0.3) is 5.56 Å². The molecule has 0 saturated carbocycles. The van der Waals surface area contributed by atoms with Crippen molar-refractivity contribution in [2.45, 2.75) is 40.7 Å². The maximum absolute atomic E-state index is 12.0. The monoisotopic (exact) mass is 354 g/mol. The van der Waals surface area contributed by atoms with Crippen molar-refractivity contribution in [1.82, 2.24) is 30.0 Å². The van der Waals surface area contributed by atoms with E-state index in [-0.39, 0.29) is 5.56 Å². The maximum Gasteiger partial charge on any atom is 0.273 e. The van der Waals surface area contributed by atoms with Crippen LogP contribution >= 0.6 is 0 Å². The minimum Gasteiger partial charge on any atom is -0.362 e. The van der Waals surface area contributed by atoms with Crippen LogP contribution in [0.5, 0.6) is 0 Å². The van der Waals surface area contributed by atoms with Crippen molar-refractivity contribution in [3.05, 3.63) is 57.2 Å². The van der Waals surface area contributed by atoms with Gasteiger partial charge >= 0.3 is 0 Å². The molecular weight excluding hydrogens is 328 g/mol. The largest absolute Gasteiger partial charge is 0.362 e. The van der Waals surface area contributed by atoms with E-state index in [1.54, 1.807) is 18.6 Å². The molecule has 7 heteroatoms. The molecule has 138 valence electrons. The summed E-state index contributed by atoms with van der Waals surface area (Å²) in [4.78, 5) is 26.8. The van der Waals surface area contributed by atoms with Gasteiger partial charge in [-0.1, -0.05) is 13.8 Å². The molecule has 0 saturated heterocycles. The molecule has 3 aromatic rings. The van der Waals surface area contributed by atoms with Gasteiger partial charge < -0.3 is 10.1 Å². The SMILES string of the molecule is CCN(CC)Cc1c(C)[nH]c(Cc2nccnc2-c2c[nH][nH]c2=O)c1C. The van der Waals surface area contributed by atoms with Gasteiger partial charge in [-0.05, 0) is 38.1 Å². The van der Waals surface area contributed by atoms with E-state index >= 15 is 0 Å². The summed E-state index contributed by atoms with van der Waals surface area (Å²) >= 11 is 0. The fraction of sp³-hybridized carbons (Fsp3) is 0.421. The molecule has 0 spiro atoms. The van der Waals surface area contributed by atoms with E-state index in [1.165, 1.54) is 16.8 Å². The van der Waals surface area contributed by atoms with Crippen molar-refractivity contribution in [1.29, 1.82) is 0 Å². The first-order valence-corrected chi connectivity index (χ1v) is 9.00. The van der Waals surface area contributed by atoms with Crippen LogP contribution in [0.4, 0.5) is 0 Å². The molecule has 3 aromatic heterocycles. The first-order valence-electron chi connectivity index (χ1n) is 9.00. The fourth-order valence-corrected chi connectivity index (χ4v) is 3.31. The highest BCUT2D eigenvalue weighted by atomic mass is 16.1. The van der Waals surface area contributed by atoms with Crippen LogP contribution in [-0.4, -0.2) is 43.1 Å². The lowest BCUT2D eigenvalue weighted by atomic mass is 10.0. The predicted molar refractivity (Wildman–Crippen MR) is 102 cm³/mol. The molecule has 0 unspecified atom stereocenters. The number of H-pyrrole nitrogens is 3. The Kier molecular flexibility index (Phi) is 5.37. The lowest BCUT2D eigenvalue weighted by molar-refractivity contribution is 0.295. The van der Waals surface area contributed by atoms with Gasteiger partial charge in [-0.2, -0.15) is 0 Å². The number of hydrogen-bond donors (Lipinski definition) is 3. The number of hydrogen-bond acceptors (Lipinski definition) is 4. The average Bonchev–Trinajstić information content (AvgIpc) is 3.18. The second-order valence-corrected chi connectivity index (χ2v) is 6.48. The zero-order chi connectivity index (χ0) is 18.7. The molecule has 0 aliphatic carbocycles. The lowest BCUT2D eigenvalue weighted by Gasteiger charge is -2.18. The minimum atomic E-state index is -0.187. The highest BCUT2D eigenvalue weighted by Gasteiger charge is 2.18. The molecule has 0 aliphatic heterocycles. The summed E-state index contributed by atoms with van der Waals surface area (Å²) in [5.41, 5.74) is 6.64. The highest BCUT2D eigenvalue weighted by Crippen LogP contribution is 2.24. The number of aromatic nitrogens is 5. The number of nitrogens with one attached hydrogen (secondary N) is 3. The second kappa shape index (κ2) is 7.70. The summed E-state index contributed by atoms with van der Waals surface area (Å²) in [6, 6.07) is 0. The van der Waals surface area contributed by atoms with Crippen LogP contribution in [0.3, 0.4) is 0 Å². The smallest absolute Gasteiger partial charge is 0.273 e. The highest BCUT2D eigenvalue weighted by molar-refractivity contribution is 5.60. The van der Waals surface area contributed by atoms with Gasteiger partial charge in [-0.25, -0.2) is 0 Å². The number of aryl methyl sites for hydroxylation is 1. The minimum absolute atomic E-state index is 0.187. The molecular formula is C19H26N6O. The molecule has 3 heterocycles. The zero-order valence-electron chi connectivity index (χ0n) is 15.8. The lowest BCUT2D eigenvalue weighted by Crippen LogP contribution is -2.22. The molecule has 0 atom stereocenters. The van der Waals surface area contributed by atoms with Gasteiger partial charge in [0, 0.05) is 42.9 Å². The van der Waals surface area contributed by atoms with Crippen molar-refractivity contribution >= 4 is 0 Å². The number of rotatable bonds is 7. The van der Waals surface area contributed by atoms with Crippen molar-refractivity contribution < 1.29 is 0 Å². The van der Waals surface area contributed by atoms with Gasteiger partial charge in [0.05, 0.1) is 17.0 Å². The first-order chi connectivity index (χ1) is 12.5.